The molecule has 2 aliphatic rings. The molecule has 4 aromatic carbocycles. The van der Waals surface area contributed by atoms with Gasteiger partial charge in [0.1, 0.15) is 17.6 Å². The first-order valence-electron chi connectivity index (χ1n) is 13.4. The number of para-hydroxylation sites is 3. The fraction of sp³-hybridized carbons (Fsp3) is 0.188. The van der Waals surface area contributed by atoms with E-state index in [1.807, 2.05) is 48.5 Å². The van der Waals surface area contributed by atoms with E-state index in [4.69, 9.17) is 4.98 Å². The fourth-order valence-corrected chi connectivity index (χ4v) is 5.78. The van der Waals surface area contributed by atoms with Crippen LogP contribution in [-0.2, 0) is 6.54 Å². The minimum Gasteiger partial charge on any atom is -0.508 e. The Morgan fingerprint density at radius 1 is 0.846 bits per heavy atom. The van der Waals surface area contributed by atoms with E-state index in [2.05, 4.69) is 45.5 Å². The second-order valence-corrected chi connectivity index (χ2v) is 10.2. The van der Waals surface area contributed by atoms with Crippen molar-refractivity contribution < 1.29 is 9.90 Å². The third kappa shape index (κ3) is 4.21. The number of nitrogens with one attached hydrogen (secondary N) is 2. The Bertz CT molecular complexity index is 1640. The van der Waals surface area contributed by atoms with Crippen LogP contribution in [0.5, 0.6) is 5.75 Å². The van der Waals surface area contributed by atoms with Gasteiger partial charge in [0.15, 0.2) is 0 Å². The number of carbonyl (C=O) groups excluding carboxylic acids is 1. The van der Waals surface area contributed by atoms with Crippen LogP contribution in [0.25, 0.3) is 22.2 Å². The number of H-pyrrole nitrogens is 1. The average molecular weight is 516 g/mol. The highest BCUT2D eigenvalue weighted by Gasteiger charge is 2.37. The van der Waals surface area contributed by atoms with Crippen molar-refractivity contribution in [2.45, 2.75) is 12.6 Å². The lowest BCUT2D eigenvalue weighted by Gasteiger charge is -2.29. The molecule has 0 bridgehead atoms. The van der Waals surface area contributed by atoms with Crippen molar-refractivity contribution in [3.8, 4) is 16.9 Å². The summed E-state index contributed by atoms with van der Waals surface area (Å²) in [6.07, 6.45) is 0. The van der Waals surface area contributed by atoms with Gasteiger partial charge in [-0.1, -0.05) is 54.6 Å². The Morgan fingerprint density at radius 2 is 1.59 bits per heavy atom. The monoisotopic (exact) mass is 515 g/mol. The molecule has 5 aromatic rings. The number of piperazine rings is 1. The van der Waals surface area contributed by atoms with Crippen LogP contribution in [0.4, 0.5) is 5.69 Å². The van der Waals surface area contributed by atoms with E-state index in [-0.39, 0.29) is 11.7 Å². The number of phenols is 1. The fourth-order valence-electron chi connectivity index (χ4n) is 5.78. The molecule has 0 spiro atoms. The summed E-state index contributed by atoms with van der Waals surface area (Å²) in [7, 11) is 0. The van der Waals surface area contributed by atoms with E-state index in [0.29, 0.717) is 23.5 Å². The smallest absolute Gasteiger partial charge is 0.255 e. The zero-order chi connectivity index (χ0) is 26.3. The lowest BCUT2D eigenvalue weighted by atomic mass is 10.00. The topological polar surface area (TPSA) is 84.5 Å². The van der Waals surface area contributed by atoms with Gasteiger partial charge in [-0.3, -0.25) is 4.79 Å². The first kappa shape index (κ1) is 23.5. The van der Waals surface area contributed by atoms with Crippen molar-refractivity contribution in [3.63, 3.8) is 0 Å². The number of aromatic hydroxyl groups is 1. The van der Waals surface area contributed by atoms with E-state index in [1.165, 1.54) is 5.69 Å². The number of anilines is 1. The second kappa shape index (κ2) is 9.60. The van der Waals surface area contributed by atoms with Crippen LogP contribution in [0.3, 0.4) is 0 Å². The number of benzene rings is 4. The molecule has 2 aliphatic heterocycles. The van der Waals surface area contributed by atoms with Crippen molar-refractivity contribution in [1.82, 2.24) is 20.2 Å². The SMILES string of the molecule is O=C1c2cc(-c3ccc(N4CCNCC4)cc3)ccc2CN1C(c1nc2ccccc2[nH]1)c1ccccc1O. The number of carbonyl (C=O) groups is 1. The van der Waals surface area contributed by atoms with E-state index in [9.17, 15) is 9.90 Å². The highest BCUT2D eigenvalue weighted by molar-refractivity contribution is 6.00. The molecule has 0 saturated carbocycles. The van der Waals surface area contributed by atoms with Crippen molar-refractivity contribution >= 4 is 22.6 Å². The molecule has 1 aromatic heterocycles. The van der Waals surface area contributed by atoms with Crippen molar-refractivity contribution in [2.75, 3.05) is 31.1 Å². The number of fused-ring (bicyclic) bond motifs is 2. The Morgan fingerprint density at radius 3 is 2.38 bits per heavy atom. The predicted molar refractivity (Wildman–Crippen MR) is 153 cm³/mol. The van der Waals surface area contributed by atoms with Crippen LogP contribution < -0.4 is 10.2 Å². The van der Waals surface area contributed by atoms with Crippen LogP contribution >= 0.6 is 0 Å². The lowest BCUT2D eigenvalue weighted by Crippen LogP contribution is -2.43. The van der Waals surface area contributed by atoms with Crippen LogP contribution in [0.1, 0.15) is 33.4 Å². The second-order valence-electron chi connectivity index (χ2n) is 10.2. The van der Waals surface area contributed by atoms with Gasteiger partial charge in [0, 0.05) is 49.5 Å². The lowest BCUT2D eigenvalue weighted by molar-refractivity contribution is 0.0724. The highest BCUT2D eigenvalue weighted by Crippen LogP contribution is 2.39. The van der Waals surface area contributed by atoms with E-state index in [1.54, 1.807) is 17.0 Å². The molecule has 1 unspecified atom stereocenters. The quantitative estimate of drug-likeness (QED) is 0.304. The van der Waals surface area contributed by atoms with E-state index >= 15 is 0 Å². The number of phenolic OH excluding ortho intramolecular Hbond substituents is 1. The summed E-state index contributed by atoms with van der Waals surface area (Å²) >= 11 is 0. The molecular formula is C32H29N5O2. The predicted octanol–water partition coefficient (Wildman–Crippen LogP) is 5.09. The summed E-state index contributed by atoms with van der Waals surface area (Å²) in [5.41, 5.74) is 7.33. The first-order valence-corrected chi connectivity index (χ1v) is 13.4. The van der Waals surface area contributed by atoms with Crippen molar-refractivity contribution in [1.29, 1.82) is 0 Å². The molecule has 3 heterocycles. The summed E-state index contributed by atoms with van der Waals surface area (Å²) in [4.78, 5) is 26.3. The van der Waals surface area contributed by atoms with Crippen LogP contribution in [0, 0.1) is 0 Å². The summed E-state index contributed by atoms with van der Waals surface area (Å²) in [6.45, 7) is 4.45. The largest absolute Gasteiger partial charge is 0.508 e. The molecule has 7 rings (SSSR count). The third-order valence-electron chi connectivity index (χ3n) is 7.83. The summed E-state index contributed by atoms with van der Waals surface area (Å²) in [5.74, 6) is 0.692. The molecule has 1 amide bonds. The Kier molecular flexibility index (Phi) is 5.78. The van der Waals surface area contributed by atoms with Gasteiger partial charge in [-0.05, 0) is 53.1 Å². The number of nitrogens with zero attached hydrogens (tertiary/aromatic N) is 3. The summed E-state index contributed by atoms with van der Waals surface area (Å²) < 4.78 is 0. The van der Waals surface area contributed by atoms with Gasteiger partial charge in [0.05, 0.1) is 11.0 Å². The average Bonchev–Trinajstić information content (AvgIpc) is 3.55. The number of hydrogen-bond donors (Lipinski definition) is 3. The van der Waals surface area contributed by atoms with Crippen LogP contribution in [-0.4, -0.2) is 52.1 Å². The Hall–Kier alpha value is -4.62. The van der Waals surface area contributed by atoms with Gasteiger partial charge >= 0.3 is 0 Å². The van der Waals surface area contributed by atoms with Gasteiger partial charge in [-0.25, -0.2) is 4.98 Å². The minimum atomic E-state index is -0.555. The number of rotatable bonds is 5. The van der Waals surface area contributed by atoms with Crippen LogP contribution in [0.15, 0.2) is 91.0 Å². The van der Waals surface area contributed by atoms with Crippen molar-refractivity contribution in [3.05, 3.63) is 114 Å². The molecule has 39 heavy (non-hydrogen) atoms. The molecular weight excluding hydrogens is 486 g/mol. The maximum Gasteiger partial charge on any atom is 0.255 e. The third-order valence-corrected chi connectivity index (χ3v) is 7.83. The Balaban J connectivity index is 1.22. The summed E-state index contributed by atoms with van der Waals surface area (Å²) in [6, 6.07) is 29.2. The van der Waals surface area contributed by atoms with Gasteiger partial charge in [0.25, 0.3) is 5.91 Å². The zero-order valence-corrected chi connectivity index (χ0v) is 21.5. The molecule has 7 heteroatoms. The number of aromatic amines is 1. The molecule has 1 fully saturated rings. The minimum absolute atomic E-state index is 0.0713. The molecule has 0 radical (unpaired) electrons. The first-order chi connectivity index (χ1) is 19.2. The van der Waals surface area contributed by atoms with E-state index < -0.39 is 6.04 Å². The normalized spacial score (nSPS) is 16.1. The molecule has 1 saturated heterocycles. The van der Waals surface area contributed by atoms with Gasteiger partial charge in [0.2, 0.25) is 0 Å². The van der Waals surface area contributed by atoms with Gasteiger partial charge in [-0.2, -0.15) is 0 Å². The molecule has 3 N–H and O–H groups in total. The Labute approximate surface area is 226 Å². The highest BCUT2D eigenvalue weighted by atomic mass is 16.3. The summed E-state index contributed by atoms with van der Waals surface area (Å²) in [5, 5.41) is 14.2. The van der Waals surface area contributed by atoms with Crippen molar-refractivity contribution in [2.24, 2.45) is 0 Å². The van der Waals surface area contributed by atoms with E-state index in [0.717, 1.165) is 53.9 Å². The molecule has 7 nitrogen and oxygen atoms in total. The van der Waals surface area contributed by atoms with Gasteiger partial charge in [-0.15, -0.1) is 0 Å². The molecule has 1 atom stereocenters. The molecule has 0 aliphatic carbocycles. The molecule has 194 valence electrons. The van der Waals surface area contributed by atoms with Crippen LogP contribution in [0.2, 0.25) is 0 Å². The zero-order valence-electron chi connectivity index (χ0n) is 21.5. The number of amides is 1. The number of hydrogen-bond acceptors (Lipinski definition) is 5. The maximum absolute atomic E-state index is 13.9. The van der Waals surface area contributed by atoms with Gasteiger partial charge < -0.3 is 25.2 Å². The number of imidazole rings is 1. The number of aromatic nitrogens is 2. The maximum atomic E-state index is 13.9. The standard InChI is InChI=1S/C32H29N5O2/c38-29-8-4-1-5-25(29)30(31-34-27-6-2-3-7-28(27)35-31)37-20-23-10-9-22(19-26(23)32(37)39)21-11-13-24(14-12-21)36-17-15-33-16-18-36/h1-14,19,30,33,38H,15-18,20H2,(H,34,35).